The SMILES string of the molecule is Cl.I.c1ccc2c(c1)-c1ccccc1-2. The van der Waals surface area contributed by atoms with E-state index in [1.807, 2.05) is 0 Å². The normalized spacial score (nSPS) is 9.71. The first-order valence-electron chi connectivity index (χ1n) is 4.15. The molecule has 0 nitrogen and oxygen atoms in total. The van der Waals surface area contributed by atoms with Crippen molar-refractivity contribution < 1.29 is 0 Å². The molecule has 0 amide bonds. The molecule has 0 bridgehead atoms. The highest BCUT2D eigenvalue weighted by Crippen LogP contribution is 2.46. The molecule has 14 heavy (non-hydrogen) atoms. The van der Waals surface area contributed by atoms with Crippen LogP contribution in [0.4, 0.5) is 0 Å². The Kier molecular flexibility index (Phi) is 3.56. The molecule has 2 heteroatoms. The lowest BCUT2D eigenvalue weighted by molar-refractivity contribution is 1.52. The van der Waals surface area contributed by atoms with Crippen LogP contribution in [0.3, 0.4) is 0 Å². The van der Waals surface area contributed by atoms with Gasteiger partial charge in [-0.15, -0.1) is 36.4 Å². The van der Waals surface area contributed by atoms with Crippen molar-refractivity contribution in [2.45, 2.75) is 0 Å². The zero-order valence-electron chi connectivity index (χ0n) is 7.44. The number of hydrogen-bond donors (Lipinski definition) is 0. The summed E-state index contributed by atoms with van der Waals surface area (Å²) in [5.41, 5.74) is 5.59. The van der Waals surface area contributed by atoms with Crippen LogP contribution in [0.15, 0.2) is 48.5 Å². The number of fused-ring (bicyclic) bond motifs is 4. The van der Waals surface area contributed by atoms with Gasteiger partial charge in [-0.25, -0.2) is 0 Å². The van der Waals surface area contributed by atoms with Gasteiger partial charge in [0, 0.05) is 0 Å². The molecule has 1 aliphatic rings. The number of rotatable bonds is 0. The molecule has 0 heterocycles. The highest BCUT2D eigenvalue weighted by Gasteiger charge is 2.19. The van der Waals surface area contributed by atoms with Gasteiger partial charge in [0.25, 0.3) is 0 Å². The van der Waals surface area contributed by atoms with Crippen molar-refractivity contribution in [3.05, 3.63) is 48.5 Å². The fraction of sp³-hybridized carbons (Fsp3) is 0. The maximum absolute atomic E-state index is 2.18. The lowest BCUT2D eigenvalue weighted by Crippen LogP contribution is -1.96. The van der Waals surface area contributed by atoms with Crippen LogP contribution >= 0.6 is 36.4 Å². The molecular formula is C12H10ClI. The van der Waals surface area contributed by atoms with E-state index in [1.165, 1.54) is 22.3 Å². The van der Waals surface area contributed by atoms with E-state index >= 15 is 0 Å². The molecule has 0 spiro atoms. The van der Waals surface area contributed by atoms with Crippen molar-refractivity contribution in [2.75, 3.05) is 0 Å². The molecule has 0 aromatic heterocycles. The number of benzene rings is 2. The third kappa shape index (κ3) is 1.44. The van der Waals surface area contributed by atoms with Crippen LogP contribution in [0, 0.1) is 0 Å². The Morgan fingerprint density at radius 1 is 0.500 bits per heavy atom. The van der Waals surface area contributed by atoms with Crippen LogP contribution in [0.2, 0.25) is 0 Å². The fourth-order valence-electron chi connectivity index (χ4n) is 1.84. The predicted molar refractivity (Wildman–Crippen MR) is 73.5 cm³/mol. The Balaban J connectivity index is 0.000000490. The maximum Gasteiger partial charge on any atom is -0.00990 e. The van der Waals surface area contributed by atoms with E-state index in [1.54, 1.807) is 0 Å². The van der Waals surface area contributed by atoms with E-state index in [4.69, 9.17) is 0 Å². The van der Waals surface area contributed by atoms with E-state index in [0.717, 1.165) is 0 Å². The second-order valence-electron chi connectivity index (χ2n) is 3.09. The minimum absolute atomic E-state index is 0. The summed E-state index contributed by atoms with van der Waals surface area (Å²) < 4.78 is 0. The average Bonchev–Trinajstić information content (AvgIpc) is 2.14. The Morgan fingerprint density at radius 3 is 0.929 bits per heavy atom. The van der Waals surface area contributed by atoms with Crippen molar-refractivity contribution in [3.63, 3.8) is 0 Å². The minimum Gasteiger partial charge on any atom is -0.147 e. The molecule has 0 N–H and O–H groups in total. The summed E-state index contributed by atoms with van der Waals surface area (Å²) in [6.07, 6.45) is 0. The quantitative estimate of drug-likeness (QED) is 0.540. The molecule has 0 aliphatic heterocycles. The average molecular weight is 317 g/mol. The van der Waals surface area contributed by atoms with Gasteiger partial charge in [-0.2, -0.15) is 0 Å². The molecular weight excluding hydrogens is 306 g/mol. The molecule has 0 radical (unpaired) electrons. The monoisotopic (exact) mass is 316 g/mol. The second-order valence-corrected chi connectivity index (χ2v) is 3.09. The summed E-state index contributed by atoms with van der Waals surface area (Å²) in [6.45, 7) is 0. The topological polar surface area (TPSA) is 0 Å². The van der Waals surface area contributed by atoms with Crippen LogP contribution in [0.25, 0.3) is 22.3 Å². The molecule has 2 aromatic carbocycles. The molecule has 0 atom stereocenters. The van der Waals surface area contributed by atoms with Crippen LogP contribution < -0.4 is 0 Å². The van der Waals surface area contributed by atoms with Crippen molar-refractivity contribution in [2.24, 2.45) is 0 Å². The van der Waals surface area contributed by atoms with Gasteiger partial charge in [0.1, 0.15) is 0 Å². The third-order valence-electron chi connectivity index (χ3n) is 2.43. The minimum atomic E-state index is 0. The van der Waals surface area contributed by atoms with Gasteiger partial charge in [-0.1, -0.05) is 48.5 Å². The van der Waals surface area contributed by atoms with Gasteiger partial charge in [0.2, 0.25) is 0 Å². The van der Waals surface area contributed by atoms with Gasteiger partial charge in [0.05, 0.1) is 0 Å². The highest BCUT2D eigenvalue weighted by molar-refractivity contribution is 14.0. The summed E-state index contributed by atoms with van der Waals surface area (Å²) in [6, 6.07) is 17.1. The van der Waals surface area contributed by atoms with Crippen molar-refractivity contribution in [1.82, 2.24) is 0 Å². The smallest absolute Gasteiger partial charge is 0.00990 e. The molecule has 72 valence electrons. The van der Waals surface area contributed by atoms with E-state index in [2.05, 4.69) is 48.5 Å². The largest absolute Gasteiger partial charge is 0.147 e. The zero-order chi connectivity index (χ0) is 7.97. The summed E-state index contributed by atoms with van der Waals surface area (Å²) in [4.78, 5) is 0. The fourth-order valence-corrected chi connectivity index (χ4v) is 1.84. The first-order chi connectivity index (χ1) is 5.97. The first kappa shape index (κ1) is 11.5. The third-order valence-corrected chi connectivity index (χ3v) is 2.43. The first-order valence-corrected chi connectivity index (χ1v) is 4.15. The Labute approximate surface area is 107 Å². The standard InChI is InChI=1S/C12H8.ClH.HI/c1-2-6-10-9(5-1)11-7-3-4-8-12(10)11;;/h1-8H;2*1H. The molecule has 0 fully saturated rings. The molecule has 3 rings (SSSR count). The Hall–Kier alpha value is -0.540. The van der Waals surface area contributed by atoms with Crippen molar-refractivity contribution in [3.8, 4) is 22.3 Å². The Bertz CT molecular complexity index is 352. The highest BCUT2D eigenvalue weighted by atomic mass is 127. The van der Waals surface area contributed by atoms with E-state index < -0.39 is 0 Å². The summed E-state index contributed by atoms with van der Waals surface area (Å²) >= 11 is 0. The molecule has 2 aromatic rings. The summed E-state index contributed by atoms with van der Waals surface area (Å²) in [7, 11) is 0. The molecule has 1 aliphatic carbocycles. The van der Waals surface area contributed by atoms with E-state index in [9.17, 15) is 0 Å². The zero-order valence-corrected chi connectivity index (χ0v) is 10.6. The second kappa shape index (κ2) is 4.32. The molecule has 0 saturated carbocycles. The summed E-state index contributed by atoms with van der Waals surface area (Å²) in [5.74, 6) is 0. The Morgan fingerprint density at radius 2 is 0.714 bits per heavy atom. The van der Waals surface area contributed by atoms with Crippen molar-refractivity contribution in [1.29, 1.82) is 0 Å². The number of halogens is 2. The van der Waals surface area contributed by atoms with Crippen LogP contribution in [-0.4, -0.2) is 0 Å². The van der Waals surface area contributed by atoms with Gasteiger partial charge >= 0.3 is 0 Å². The van der Waals surface area contributed by atoms with Gasteiger partial charge in [0.15, 0.2) is 0 Å². The van der Waals surface area contributed by atoms with Crippen LogP contribution in [-0.2, 0) is 0 Å². The van der Waals surface area contributed by atoms with Crippen LogP contribution in [0.1, 0.15) is 0 Å². The summed E-state index contributed by atoms with van der Waals surface area (Å²) in [5, 5.41) is 0. The lowest BCUT2D eigenvalue weighted by Gasteiger charge is -2.22. The molecule has 0 saturated heterocycles. The van der Waals surface area contributed by atoms with Gasteiger partial charge < -0.3 is 0 Å². The number of hydrogen-bond acceptors (Lipinski definition) is 0. The molecule has 0 unspecified atom stereocenters. The van der Waals surface area contributed by atoms with Gasteiger partial charge in [-0.3, -0.25) is 0 Å². The van der Waals surface area contributed by atoms with Crippen LogP contribution in [0.5, 0.6) is 0 Å². The lowest BCUT2D eigenvalue weighted by atomic mass is 9.81. The predicted octanol–water partition coefficient (Wildman–Crippen LogP) is 4.37. The van der Waals surface area contributed by atoms with E-state index in [0.29, 0.717) is 0 Å². The van der Waals surface area contributed by atoms with Gasteiger partial charge in [-0.05, 0) is 22.3 Å². The maximum atomic E-state index is 2.18. The van der Waals surface area contributed by atoms with Crippen molar-refractivity contribution >= 4 is 36.4 Å². The van der Waals surface area contributed by atoms with E-state index in [-0.39, 0.29) is 36.4 Å².